The molecule has 0 saturated carbocycles. The van der Waals surface area contributed by atoms with Crippen molar-refractivity contribution in [1.82, 2.24) is 9.62 Å². The normalized spacial score (nSPS) is 23.3. The fourth-order valence-electron chi connectivity index (χ4n) is 2.06. The van der Waals surface area contributed by atoms with Crippen LogP contribution in [0.4, 0.5) is 0 Å². The zero-order chi connectivity index (χ0) is 15.0. The number of rotatable bonds is 9. The number of nitrogens with one attached hydrogen (secondary N) is 1. The molecule has 0 amide bonds. The molecule has 1 fully saturated rings. The van der Waals surface area contributed by atoms with Gasteiger partial charge in [0.15, 0.2) is 0 Å². The Bertz CT molecular complexity index is 340. The van der Waals surface area contributed by atoms with Gasteiger partial charge < -0.3 is 14.4 Å². The molecule has 1 saturated heterocycles. The van der Waals surface area contributed by atoms with E-state index in [0.717, 1.165) is 37.8 Å². The average molecular weight is 321 g/mol. The molecule has 2 atom stereocenters. The summed E-state index contributed by atoms with van der Waals surface area (Å²) in [5, 5.41) is 10.9. The molecule has 1 aliphatic heterocycles. The molecule has 0 bridgehead atoms. The van der Waals surface area contributed by atoms with Crippen molar-refractivity contribution in [3.8, 4) is 0 Å². The summed E-state index contributed by atoms with van der Waals surface area (Å²) in [6, 6.07) is 0. The summed E-state index contributed by atoms with van der Waals surface area (Å²) in [7, 11) is 4.12. The number of likely N-dealkylation sites (N-methyl/N-ethyl adjacent to an activating group) is 1. The number of hydrogen-bond donors (Lipinski definition) is 1. The van der Waals surface area contributed by atoms with Crippen molar-refractivity contribution in [2.24, 2.45) is 0 Å². The minimum absolute atomic E-state index is 0.325. The van der Waals surface area contributed by atoms with Gasteiger partial charge in [0.1, 0.15) is 5.03 Å². The number of hydrogen-bond acceptors (Lipinski definition) is 7. The quantitative estimate of drug-likeness (QED) is 0.302. The third-order valence-electron chi connectivity index (χ3n) is 2.92. The molecule has 2 unspecified atom stereocenters. The van der Waals surface area contributed by atoms with Gasteiger partial charge in [0.25, 0.3) is 6.20 Å². The Morgan fingerprint density at radius 2 is 2.20 bits per heavy atom. The van der Waals surface area contributed by atoms with Crippen LogP contribution in [-0.4, -0.2) is 54.7 Å². The zero-order valence-electron chi connectivity index (χ0n) is 12.2. The Balaban J connectivity index is 2.14. The van der Waals surface area contributed by atoms with E-state index >= 15 is 0 Å². The van der Waals surface area contributed by atoms with Crippen molar-refractivity contribution in [2.45, 2.75) is 31.5 Å². The number of ether oxygens (including phenoxy) is 1. The maximum atomic E-state index is 10.4. The predicted octanol–water partition coefficient (Wildman–Crippen LogP) is 2.16. The highest BCUT2D eigenvalue weighted by molar-refractivity contribution is 8.04. The Labute approximate surface area is 129 Å². The summed E-state index contributed by atoms with van der Waals surface area (Å²) in [6.45, 7) is 0.976. The number of thioether (sulfide) groups is 1. The maximum Gasteiger partial charge on any atom is 0.264 e. The van der Waals surface area contributed by atoms with Crippen LogP contribution in [0.3, 0.4) is 0 Å². The van der Waals surface area contributed by atoms with Gasteiger partial charge in [-0.1, -0.05) is 11.9 Å². The standard InChI is InChI=1S/C12H23N3O3S2/c1-14(2)8-11-5-4-10(18-11)6-7-20-13-12(19-3)9-15(16)17/h9-11,13H,4-8H2,1-3H3/b12-9-. The highest BCUT2D eigenvalue weighted by atomic mass is 32.2. The van der Waals surface area contributed by atoms with Crippen molar-refractivity contribution in [2.75, 3.05) is 32.6 Å². The van der Waals surface area contributed by atoms with Crippen LogP contribution in [0.2, 0.25) is 0 Å². The lowest BCUT2D eigenvalue weighted by Crippen LogP contribution is -2.26. The van der Waals surface area contributed by atoms with Crippen LogP contribution in [0.5, 0.6) is 0 Å². The van der Waals surface area contributed by atoms with E-state index in [2.05, 4.69) is 23.7 Å². The first kappa shape index (κ1) is 17.6. The van der Waals surface area contributed by atoms with Crippen LogP contribution in [-0.2, 0) is 4.74 Å². The van der Waals surface area contributed by atoms with Gasteiger partial charge in [0.2, 0.25) is 0 Å². The first-order chi connectivity index (χ1) is 9.51. The highest BCUT2D eigenvalue weighted by Gasteiger charge is 2.25. The van der Waals surface area contributed by atoms with E-state index in [9.17, 15) is 10.1 Å². The van der Waals surface area contributed by atoms with E-state index in [1.807, 2.05) is 6.26 Å². The van der Waals surface area contributed by atoms with Crippen LogP contribution in [0.1, 0.15) is 19.3 Å². The maximum absolute atomic E-state index is 10.4. The molecule has 0 aromatic carbocycles. The van der Waals surface area contributed by atoms with Crippen LogP contribution < -0.4 is 4.72 Å². The summed E-state index contributed by atoms with van der Waals surface area (Å²) in [5.74, 6) is 0.884. The molecule has 20 heavy (non-hydrogen) atoms. The Morgan fingerprint density at radius 1 is 1.50 bits per heavy atom. The Morgan fingerprint density at radius 3 is 2.80 bits per heavy atom. The van der Waals surface area contributed by atoms with Gasteiger partial charge in [0.05, 0.1) is 17.1 Å². The van der Waals surface area contributed by atoms with E-state index in [1.165, 1.54) is 23.7 Å². The fraction of sp³-hybridized carbons (Fsp3) is 0.833. The molecule has 0 aliphatic carbocycles. The largest absolute Gasteiger partial charge is 0.374 e. The summed E-state index contributed by atoms with van der Waals surface area (Å²) in [4.78, 5) is 12.1. The molecule has 0 aromatic heterocycles. The minimum Gasteiger partial charge on any atom is -0.374 e. The lowest BCUT2D eigenvalue weighted by atomic mass is 10.1. The van der Waals surface area contributed by atoms with Crippen LogP contribution in [0.25, 0.3) is 0 Å². The lowest BCUT2D eigenvalue weighted by molar-refractivity contribution is -0.403. The van der Waals surface area contributed by atoms with Crippen molar-refractivity contribution < 1.29 is 9.66 Å². The van der Waals surface area contributed by atoms with Crippen molar-refractivity contribution in [1.29, 1.82) is 0 Å². The first-order valence-corrected chi connectivity index (χ1v) is 8.79. The van der Waals surface area contributed by atoms with Crippen LogP contribution in [0.15, 0.2) is 11.2 Å². The second kappa shape index (κ2) is 9.49. The van der Waals surface area contributed by atoms with Crippen LogP contribution in [0, 0.1) is 10.1 Å². The molecule has 1 aliphatic rings. The van der Waals surface area contributed by atoms with E-state index in [0.29, 0.717) is 17.2 Å². The van der Waals surface area contributed by atoms with Crippen molar-refractivity contribution in [3.63, 3.8) is 0 Å². The second-order valence-electron chi connectivity index (χ2n) is 4.94. The lowest BCUT2D eigenvalue weighted by Gasteiger charge is -2.17. The molecular formula is C12H23N3O3S2. The summed E-state index contributed by atoms with van der Waals surface area (Å²) < 4.78 is 8.96. The fourth-order valence-corrected chi connectivity index (χ4v) is 3.44. The molecule has 1 rings (SSSR count). The SMILES string of the molecule is CS/C(=C\[N+](=O)[O-])NSCCC1CCC(CN(C)C)O1. The van der Waals surface area contributed by atoms with E-state index in [-0.39, 0.29) is 0 Å². The number of nitrogens with zero attached hydrogens (tertiary/aromatic N) is 2. The molecule has 116 valence electrons. The molecule has 1 heterocycles. The summed E-state index contributed by atoms with van der Waals surface area (Å²) >= 11 is 2.83. The highest BCUT2D eigenvalue weighted by Crippen LogP contribution is 2.24. The predicted molar refractivity (Wildman–Crippen MR) is 85.3 cm³/mol. The van der Waals surface area contributed by atoms with Gasteiger partial charge in [-0.05, 0) is 39.6 Å². The molecule has 6 nitrogen and oxygen atoms in total. The Kier molecular flexibility index (Phi) is 8.35. The molecule has 0 spiro atoms. The van der Waals surface area contributed by atoms with Gasteiger partial charge in [-0.3, -0.25) is 10.1 Å². The summed E-state index contributed by atoms with van der Waals surface area (Å²) in [6.07, 6.45) is 6.70. The van der Waals surface area contributed by atoms with E-state index in [1.54, 1.807) is 0 Å². The monoisotopic (exact) mass is 321 g/mol. The molecule has 8 heteroatoms. The second-order valence-corrected chi connectivity index (χ2v) is 6.69. The topological polar surface area (TPSA) is 67.6 Å². The minimum atomic E-state index is -0.439. The first-order valence-electron chi connectivity index (χ1n) is 6.58. The van der Waals surface area contributed by atoms with Crippen molar-refractivity contribution >= 4 is 23.7 Å². The van der Waals surface area contributed by atoms with Crippen LogP contribution >= 0.6 is 23.7 Å². The van der Waals surface area contributed by atoms with Gasteiger partial charge >= 0.3 is 0 Å². The molecule has 0 aromatic rings. The third-order valence-corrected chi connectivity index (χ3v) is 4.50. The number of nitro groups is 1. The van der Waals surface area contributed by atoms with Gasteiger partial charge in [-0.25, -0.2) is 0 Å². The van der Waals surface area contributed by atoms with Gasteiger partial charge in [-0.15, -0.1) is 11.8 Å². The summed E-state index contributed by atoms with van der Waals surface area (Å²) in [5.41, 5.74) is 0. The zero-order valence-corrected chi connectivity index (χ0v) is 13.8. The molecule has 1 N–H and O–H groups in total. The Hall–Kier alpha value is -0.440. The smallest absolute Gasteiger partial charge is 0.264 e. The van der Waals surface area contributed by atoms with Crippen molar-refractivity contribution in [3.05, 3.63) is 21.3 Å². The average Bonchev–Trinajstić information content (AvgIpc) is 2.79. The van der Waals surface area contributed by atoms with Gasteiger partial charge in [-0.2, -0.15) is 0 Å². The third kappa shape index (κ3) is 7.37. The molecule has 0 radical (unpaired) electrons. The van der Waals surface area contributed by atoms with Gasteiger partial charge in [0, 0.05) is 12.3 Å². The van der Waals surface area contributed by atoms with E-state index < -0.39 is 4.92 Å². The van der Waals surface area contributed by atoms with E-state index in [4.69, 9.17) is 4.74 Å². The molecular weight excluding hydrogens is 298 g/mol.